The van der Waals surface area contributed by atoms with Gasteiger partial charge in [-0.25, -0.2) is 4.99 Å². The van der Waals surface area contributed by atoms with Crippen LogP contribution in [0.1, 0.15) is 48.7 Å². The minimum atomic E-state index is 0. The average Bonchev–Trinajstić information content (AvgIpc) is 3.10. The van der Waals surface area contributed by atoms with E-state index in [1.165, 1.54) is 11.1 Å². The van der Waals surface area contributed by atoms with Gasteiger partial charge in [-0.1, -0.05) is 35.0 Å². The molecule has 0 bridgehead atoms. The fourth-order valence-corrected chi connectivity index (χ4v) is 3.30. The highest BCUT2D eigenvalue weighted by molar-refractivity contribution is 14.0. The van der Waals surface area contributed by atoms with E-state index in [1.807, 2.05) is 6.92 Å². The molecule has 154 valence electrons. The molecule has 0 saturated carbocycles. The topological polar surface area (TPSA) is 84.6 Å². The van der Waals surface area contributed by atoms with Crippen molar-refractivity contribution in [3.05, 3.63) is 47.1 Å². The zero-order chi connectivity index (χ0) is 19.1. The summed E-state index contributed by atoms with van der Waals surface area (Å²) in [7, 11) is 0. The van der Waals surface area contributed by atoms with Crippen molar-refractivity contribution in [1.82, 2.24) is 20.8 Å². The summed E-state index contributed by atoms with van der Waals surface area (Å²) >= 11 is 0. The van der Waals surface area contributed by atoms with Gasteiger partial charge in [0.25, 0.3) is 0 Å². The van der Waals surface area contributed by atoms with Crippen LogP contribution in [0.4, 0.5) is 0 Å². The van der Waals surface area contributed by atoms with E-state index >= 15 is 0 Å². The van der Waals surface area contributed by atoms with Gasteiger partial charge in [-0.3, -0.25) is 0 Å². The van der Waals surface area contributed by atoms with E-state index in [-0.39, 0.29) is 30.1 Å². The van der Waals surface area contributed by atoms with Gasteiger partial charge in [0.05, 0.1) is 6.10 Å². The third-order valence-corrected chi connectivity index (χ3v) is 4.67. The molecule has 0 aliphatic carbocycles. The van der Waals surface area contributed by atoms with Crippen molar-refractivity contribution in [3.63, 3.8) is 0 Å². The van der Waals surface area contributed by atoms with Crippen LogP contribution < -0.4 is 10.6 Å². The van der Waals surface area contributed by atoms with E-state index < -0.39 is 0 Å². The Morgan fingerprint density at radius 3 is 2.68 bits per heavy atom. The number of guanidine groups is 1. The summed E-state index contributed by atoms with van der Waals surface area (Å²) in [5.74, 6) is 2.29. The number of nitrogens with one attached hydrogen (secondary N) is 2. The molecule has 3 rings (SSSR count). The summed E-state index contributed by atoms with van der Waals surface area (Å²) in [6, 6.07) is 8.65. The van der Waals surface area contributed by atoms with Gasteiger partial charge in [-0.2, -0.15) is 4.98 Å². The molecule has 2 atom stereocenters. The van der Waals surface area contributed by atoms with Crippen molar-refractivity contribution >= 4 is 29.9 Å². The molecule has 1 fully saturated rings. The Bertz CT molecular complexity index is 747. The van der Waals surface area contributed by atoms with Crippen LogP contribution in [0, 0.1) is 19.8 Å². The number of rotatable bonds is 6. The normalized spacial score (nSPS) is 19.8. The second-order valence-corrected chi connectivity index (χ2v) is 6.92. The van der Waals surface area contributed by atoms with Gasteiger partial charge >= 0.3 is 0 Å². The van der Waals surface area contributed by atoms with Gasteiger partial charge < -0.3 is 19.9 Å². The number of aliphatic imine (C=N–C) groups is 1. The molecule has 28 heavy (non-hydrogen) atoms. The molecule has 8 heteroatoms. The SMILES string of the molecule is CCNC(=NCc1nc(C)no1)NCC1CCCOC1c1ccc(C)cc1.I. The maximum atomic E-state index is 6.11. The first-order chi connectivity index (χ1) is 13.2. The first-order valence-corrected chi connectivity index (χ1v) is 9.65. The standard InChI is InChI=1S/C20H29N5O2.HI/c1-4-21-20(23-13-18-24-15(3)25-27-18)22-12-17-6-5-11-26-19(17)16-9-7-14(2)8-10-16;/h7-10,17,19H,4-6,11-13H2,1-3H3,(H2,21,22,23);1H. The first-order valence-electron chi connectivity index (χ1n) is 9.65. The molecular formula is C20H30IN5O2. The predicted molar refractivity (Wildman–Crippen MR) is 120 cm³/mol. The number of aromatic nitrogens is 2. The average molecular weight is 499 g/mol. The number of halogens is 1. The van der Waals surface area contributed by atoms with Crippen LogP contribution in [-0.2, 0) is 11.3 Å². The highest BCUT2D eigenvalue weighted by Gasteiger charge is 2.27. The molecule has 2 heterocycles. The van der Waals surface area contributed by atoms with Crippen LogP contribution in [0.15, 0.2) is 33.8 Å². The van der Waals surface area contributed by atoms with Crippen LogP contribution in [0.5, 0.6) is 0 Å². The van der Waals surface area contributed by atoms with Crippen LogP contribution >= 0.6 is 24.0 Å². The molecule has 1 aromatic heterocycles. The van der Waals surface area contributed by atoms with Gasteiger partial charge in [0.2, 0.25) is 5.89 Å². The predicted octanol–water partition coefficient (Wildman–Crippen LogP) is 3.53. The van der Waals surface area contributed by atoms with E-state index in [4.69, 9.17) is 9.26 Å². The largest absolute Gasteiger partial charge is 0.373 e. The van der Waals surface area contributed by atoms with Crippen molar-refractivity contribution in [2.45, 2.75) is 46.3 Å². The molecule has 2 aromatic rings. The molecule has 0 amide bonds. The number of nitrogens with zero attached hydrogens (tertiary/aromatic N) is 3. The highest BCUT2D eigenvalue weighted by Crippen LogP contribution is 2.33. The molecule has 7 nitrogen and oxygen atoms in total. The van der Waals surface area contributed by atoms with E-state index in [0.717, 1.165) is 38.5 Å². The minimum Gasteiger partial charge on any atom is -0.373 e. The zero-order valence-corrected chi connectivity index (χ0v) is 19.1. The number of benzene rings is 1. The fourth-order valence-electron chi connectivity index (χ4n) is 3.30. The third kappa shape index (κ3) is 6.44. The Hall–Kier alpha value is -1.68. The Morgan fingerprint density at radius 2 is 2.00 bits per heavy atom. The number of aryl methyl sites for hydroxylation is 2. The Labute approximate surface area is 183 Å². The number of hydrogen-bond donors (Lipinski definition) is 2. The molecule has 1 aromatic carbocycles. The van der Waals surface area contributed by atoms with Crippen molar-refractivity contribution in [2.24, 2.45) is 10.9 Å². The fraction of sp³-hybridized carbons (Fsp3) is 0.550. The quantitative estimate of drug-likeness (QED) is 0.360. The smallest absolute Gasteiger partial charge is 0.248 e. The summed E-state index contributed by atoms with van der Waals surface area (Å²) in [5, 5.41) is 10.5. The molecule has 1 aliphatic rings. The third-order valence-electron chi connectivity index (χ3n) is 4.67. The van der Waals surface area contributed by atoms with Gasteiger partial charge in [0, 0.05) is 25.6 Å². The van der Waals surface area contributed by atoms with Crippen LogP contribution in [0.2, 0.25) is 0 Å². The summed E-state index contributed by atoms with van der Waals surface area (Å²) in [6.07, 6.45) is 2.34. The lowest BCUT2D eigenvalue weighted by Gasteiger charge is -2.32. The van der Waals surface area contributed by atoms with E-state index in [9.17, 15) is 0 Å². The van der Waals surface area contributed by atoms with Crippen molar-refractivity contribution in [2.75, 3.05) is 19.7 Å². The summed E-state index contributed by atoms with van der Waals surface area (Å²) in [5.41, 5.74) is 2.51. The van der Waals surface area contributed by atoms with Crippen LogP contribution in [0.3, 0.4) is 0 Å². The second-order valence-electron chi connectivity index (χ2n) is 6.92. The molecule has 2 unspecified atom stereocenters. The van der Waals surface area contributed by atoms with Gasteiger partial charge in [-0.15, -0.1) is 24.0 Å². The maximum Gasteiger partial charge on any atom is 0.248 e. The second kappa shape index (κ2) is 11.4. The van der Waals surface area contributed by atoms with Gasteiger partial charge in [-0.05, 0) is 39.2 Å². The Morgan fingerprint density at radius 1 is 1.21 bits per heavy atom. The van der Waals surface area contributed by atoms with Crippen LogP contribution in [0.25, 0.3) is 0 Å². The molecule has 1 saturated heterocycles. The maximum absolute atomic E-state index is 6.11. The molecular weight excluding hydrogens is 469 g/mol. The molecule has 0 radical (unpaired) electrons. The monoisotopic (exact) mass is 499 g/mol. The summed E-state index contributed by atoms with van der Waals surface area (Å²) in [6.45, 7) is 8.72. The van der Waals surface area contributed by atoms with Crippen molar-refractivity contribution < 1.29 is 9.26 Å². The molecule has 2 N–H and O–H groups in total. The summed E-state index contributed by atoms with van der Waals surface area (Å²) in [4.78, 5) is 8.74. The van der Waals surface area contributed by atoms with Crippen LogP contribution in [-0.4, -0.2) is 35.8 Å². The lowest BCUT2D eigenvalue weighted by Crippen LogP contribution is -2.42. The molecule has 0 spiro atoms. The lowest BCUT2D eigenvalue weighted by molar-refractivity contribution is -0.0265. The van der Waals surface area contributed by atoms with E-state index in [2.05, 4.69) is 57.0 Å². The van der Waals surface area contributed by atoms with Gasteiger partial charge in [0.15, 0.2) is 11.8 Å². The number of ether oxygens (including phenoxy) is 1. The van der Waals surface area contributed by atoms with E-state index in [0.29, 0.717) is 24.2 Å². The number of hydrogen-bond acceptors (Lipinski definition) is 5. The minimum absolute atomic E-state index is 0. The highest BCUT2D eigenvalue weighted by atomic mass is 127. The lowest BCUT2D eigenvalue weighted by atomic mass is 9.89. The van der Waals surface area contributed by atoms with Gasteiger partial charge in [0.1, 0.15) is 6.54 Å². The van der Waals surface area contributed by atoms with E-state index in [1.54, 1.807) is 6.92 Å². The summed E-state index contributed by atoms with van der Waals surface area (Å²) < 4.78 is 11.2. The Balaban J connectivity index is 0.00000280. The van der Waals surface area contributed by atoms with Crippen molar-refractivity contribution in [1.29, 1.82) is 0 Å². The first kappa shape index (κ1) is 22.6. The zero-order valence-electron chi connectivity index (χ0n) is 16.8. The molecule has 1 aliphatic heterocycles. The van der Waals surface area contributed by atoms with Crippen molar-refractivity contribution in [3.8, 4) is 0 Å². The Kier molecular flexibility index (Phi) is 9.17.